The molecule has 2 aromatic heterocycles. The maximum atomic E-state index is 3.74. The van der Waals surface area contributed by atoms with Crippen molar-refractivity contribution in [2.75, 3.05) is 0 Å². The first kappa shape index (κ1) is 31.6. The van der Waals surface area contributed by atoms with Gasteiger partial charge in [0.1, 0.15) is 0 Å². The van der Waals surface area contributed by atoms with Crippen LogP contribution in [0, 0.1) is 0 Å². The van der Waals surface area contributed by atoms with Gasteiger partial charge in [0, 0.05) is 34.6 Å². The first-order valence-corrected chi connectivity index (χ1v) is 18.5. The molecule has 0 saturated carbocycles. The van der Waals surface area contributed by atoms with Gasteiger partial charge in [-0.2, -0.15) is 0 Å². The number of nitrogens with one attached hydrogen (secondary N) is 2. The quantitative estimate of drug-likeness (QED) is 0.167. The van der Waals surface area contributed by atoms with Gasteiger partial charge < -0.3 is 9.97 Å². The molecule has 0 spiro atoms. The van der Waals surface area contributed by atoms with Crippen molar-refractivity contribution in [3.8, 4) is 78.1 Å². The molecule has 10 aromatic rings. The number of hydrogen-bond donors (Lipinski definition) is 2. The highest BCUT2D eigenvalue weighted by Crippen LogP contribution is 2.46. The highest BCUT2D eigenvalue weighted by Gasteiger charge is 2.21. The first-order valence-electron chi connectivity index (χ1n) is 18.5. The molecule has 0 atom stereocenters. The predicted octanol–water partition coefficient (Wildman–Crippen LogP) is 14.3. The lowest BCUT2D eigenvalue weighted by atomic mass is 9.87. The van der Waals surface area contributed by atoms with Gasteiger partial charge in [0.15, 0.2) is 0 Å². The summed E-state index contributed by atoms with van der Waals surface area (Å²) in [5, 5.41) is 4.84. The molecule has 0 radical (unpaired) electrons. The molecule has 54 heavy (non-hydrogen) atoms. The van der Waals surface area contributed by atoms with Crippen LogP contribution in [0.4, 0.5) is 0 Å². The third-order valence-corrected chi connectivity index (χ3v) is 10.6. The van der Waals surface area contributed by atoms with Gasteiger partial charge in [-0.05, 0) is 90.3 Å². The normalized spacial score (nSPS) is 11.3. The number of rotatable bonds is 7. The molecule has 0 aliphatic rings. The Bertz CT molecular complexity index is 2700. The van der Waals surface area contributed by atoms with Crippen LogP contribution in [-0.4, -0.2) is 9.97 Å². The van der Waals surface area contributed by atoms with E-state index in [1.807, 2.05) is 0 Å². The molecule has 10 rings (SSSR count). The van der Waals surface area contributed by atoms with Crippen molar-refractivity contribution in [1.82, 2.24) is 9.97 Å². The molecule has 254 valence electrons. The van der Waals surface area contributed by atoms with Crippen molar-refractivity contribution in [3.05, 3.63) is 207 Å². The number of aromatic nitrogens is 2. The Morgan fingerprint density at radius 1 is 0.259 bits per heavy atom. The van der Waals surface area contributed by atoms with E-state index < -0.39 is 0 Å². The zero-order valence-electron chi connectivity index (χ0n) is 29.6. The lowest BCUT2D eigenvalue weighted by molar-refractivity contribution is 1.40. The monoisotopic (exact) mass is 688 g/mol. The Hall–Kier alpha value is -7.16. The van der Waals surface area contributed by atoms with E-state index in [4.69, 9.17) is 0 Å². The Kier molecular flexibility index (Phi) is 7.85. The fraction of sp³-hybridized carbons (Fsp3) is 0. The summed E-state index contributed by atoms with van der Waals surface area (Å²) in [7, 11) is 0. The molecule has 2 N–H and O–H groups in total. The van der Waals surface area contributed by atoms with Gasteiger partial charge in [-0.25, -0.2) is 0 Å². The predicted molar refractivity (Wildman–Crippen MR) is 228 cm³/mol. The summed E-state index contributed by atoms with van der Waals surface area (Å²) in [4.78, 5) is 7.49. The number of fused-ring (bicyclic) bond motifs is 2. The van der Waals surface area contributed by atoms with Gasteiger partial charge in [-0.3, -0.25) is 0 Å². The van der Waals surface area contributed by atoms with E-state index in [9.17, 15) is 0 Å². The Balaban J connectivity index is 1.23. The first-order chi connectivity index (χ1) is 26.8. The molecule has 0 unspecified atom stereocenters. The molecule has 0 saturated heterocycles. The Morgan fingerprint density at radius 2 is 0.593 bits per heavy atom. The maximum absolute atomic E-state index is 3.74. The molecular formula is C52H36N2. The third-order valence-electron chi connectivity index (χ3n) is 10.6. The summed E-state index contributed by atoms with van der Waals surface area (Å²) in [5.41, 5.74) is 16.4. The number of benzene rings is 8. The molecule has 0 bridgehead atoms. The average molecular weight is 689 g/mol. The van der Waals surface area contributed by atoms with Crippen LogP contribution >= 0.6 is 0 Å². The second kappa shape index (κ2) is 13.4. The molecule has 0 aliphatic carbocycles. The smallest absolute Gasteiger partial charge is 0.0540 e. The number of H-pyrrole nitrogens is 2. The van der Waals surface area contributed by atoms with Gasteiger partial charge >= 0.3 is 0 Å². The van der Waals surface area contributed by atoms with Gasteiger partial charge in [0.25, 0.3) is 0 Å². The zero-order valence-corrected chi connectivity index (χ0v) is 29.6. The van der Waals surface area contributed by atoms with Crippen LogP contribution in [0.15, 0.2) is 207 Å². The third kappa shape index (κ3) is 5.53. The molecule has 0 amide bonds. The second-order valence-corrected chi connectivity index (χ2v) is 13.9. The minimum absolute atomic E-state index is 1.11. The van der Waals surface area contributed by atoms with Crippen molar-refractivity contribution in [3.63, 3.8) is 0 Å². The van der Waals surface area contributed by atoms with E-state index in [1.54, 1.807) is 0 Å². The summed E-state index contributed by atoms with van der Waals surface area (Å²) in [6, 6.07) is 69.9. The van der Waals surface area contributed by atoms with Gasteiger partial charge in [-0.1, -0.05) is 170 Å². The van der Waals surface area contributed by atoms with Gasteiger partial charge in [0.2, 0.25) is 0 Å². The van der Waals surface area contributed by atoms with E-state index in [0.717, 1.165) is 22.5 Å². The molecule has 2 nitrogen and oxygen atoms in total. The largest absolute Gasteiger partial charge is 0.360 e. The summed E-state index contributed by atoms with van der Waals surface area (Å²) >= 11 is 0. The minimum Gasteiger partial charge on any atom is -0.360 e. The molecular weight excluding hydrogens is 653 g/mol. The van der Waals surface area contributed by atoms with Crippen LogP contribution in [0.25, 0.3) is 99.7 Å². The van der Waals surface area contributed by atoms with Crippen molar-refractivity contribution in [2.45, 2.75) is 0 Å². The molecule has 8 aromatic carbocycles. The summed E-state index contributed by atoms with van der Waals surface area (Å²) in [6.07, 6.45) is 4.33. The Labute approximate surface area is 315 Å². The number of hydrogen-bond acceptors (Lipinski definition) is 0. The zero-order chi connectivity index (χ0) is 35.8. The van der Waals surface area contributed by atoms with E-state index in [-0.39, 0.29) is 0 Å². The van der Waals surface area contributed by atoms with Crippen LogP contribution in [0.5, 0.6) is 0 Å². The SMILES string of the molecule is c1ccc(-c2c[nH]c(-c3cc(-c4cc(-c5[nH]cc(-c6ccccc6)c5-c5ccccc5)cc5ccccc45)c4ccccc4c3)c2-c2ccccc2)cc1. The van der Waals surface area contributed by atoms with Gasteiger partial charge in [0.05, 0.1) is 11.4 Å². The lowest BCUT2D eigenvalue weighted by Gasteiger charge is -2.16. The lowest BCUT2D eigenvalue weighted by Crippen LogP contribution is -1.91. The summed E-state index contributed by atoms with van der Waals surface area (Å²) in [5.74, 6) is 0. The van der Waals surface area contributed by atoms with E-state index in [1.165, 1.54) is 77.2 Å². The highest BCUT2D eigenvalue weighted by molar-refractivity contribution is 6.10. The topological polar surface area (TPSA) is 31.6 Å². The van der Waals surface area contributed by atoms with Crippen molar-refractivity contribution < 1.29 is 0 Å². The van der Waals surface area contributed by atoms with Crippen molar-refractivity contribution >= 4 is 21.5 Å². The van der Waals surface area contributed by atoms with Crippen LogP contribution in [0.1, 0.15) is 0 Å². The summed E-state index contributed by atoms with van der Waals surface area (Å²) in [6.45, 7) is 0. The van der Waals surface area contributed by atoms with Gasteiger partial charge in [-0.15, -0.1) is 0 Å². The average Bonchev–Trinajstić information content (AvgIpc) is 3.90. The summed E-state index contributed by atoms with van der Waals surface area (Å²) < 4.78 is 0. The second-order valence-electron chi connectivity index (χ2n) is 13.9. The molecule has 0 fully saturated rings. The highest BCUT2D eigenvalue weighted by atomic mass is 14.7. The number of aromatic amines is 2. The van der Waals surface area contributed by atoms with Crippen LogP contribution in [0.3, 0.4) is 0 Å². The van der Waals surface area contributed by atoms with Crippen molar-refractivity contribution in [1.29, 1.82) is 0 Å². The molecule has 2 heterocycles. The fourth-order valence-corrected chi connectivity index (χ4v) is 8.16. The van der Waals surface area contributed by atoms with Crippen molar-refractivity contribution in [2.24, 2.45) is 0 Å². The molecule has 0 aliphatic heterocycles. The van der Waals surface area contributed by atoms with Crippen LogP contribution in [-0.2, 0) is 0 Å². The standard InChI is InChI=1S/C52H36N2/c1-5-17-35(18-6-1)47-33-53-51(49(47)37-21-9-3-10-22-37)41-29-39-25-13-15-27-43(39)45(31-41)46-32-42(30-40-26-14-16-28-44(40)46)52-50(38-23-11-4-12-24-38)48(34-54-52)36-19-7-2-8-20-36/h1-34,53-54H. The maximum Gasteiger partial charge on any atom is 0.0540 e. The van der Waals surface area contributed by atoms with Crippen LogP contribution in [0.2, 0.25) is 0 Å². The van der Waals surface area contributed by atoms with Crippen LogP contribution < -0.4 is 0 Å². The van der Waals surface area contributed by atoms with E-state index in [2.05, 4.69) is 216 Å². The van der Waals surface area contributed by atoms with E-state index >= 15 is 0 Å². The Morgan fingerprint density at radius 3 is 0.981 bits per heavy atom. The molecule has 2 heteroatoms. The minimum atomic E-state index is 1.11. The fourth-order valence-electron chi connectivity index (χ4n) is 8.16. The van der Waals surface area contributed by atoms with E-state index in [0.29, 0.717) is 0 Å².